The summed E-state index contributed by atoms with van der Waals surface area (Å²) in [6.07, 6.45) is 1.55. The van der Waals surface area contributed by atoms with Crippen molar-refractivity contribution in [2.75, 3.05) is 0 Å². The number of hydrogen-bond acceptors (Lipinski definition) is 3. The number of benzene rings is 6. The van der Waals surface area contributed by atoms with Gasteiger partial charge < -0.3 is 5.11 Å². The van der Waals surface area contributed by atoms with Crippen LogP contribution in [-0.2, 0) is 37.3 Å². The van der Waals surface area contributed by atoms with Crippen molar-refractivity contribution < 1.29 is 61.8 Å². The van der Waals surface area contributed by atoms with Crippen molar-refractivity contribution in [3.05, 3.63) is 166 Å². The first-order valence-electron chi connectivity index (χ1n) is 34.4. The predicted octanol–water partition coefficient (Wildman–Crippen LogP) is 17.0. The Balaban J connectivity index is 0.0000123. The van der Waals surface area contributed by atoms with E-state index in [-0.39, 0.29) is 66.1 Å². The van der Waals surface area contributed by atoms with Crippen molar-refractivity contribution in [2.45, 2.75) is 131 Å². The molecule has 0 saturated carbocycles. The van der Waals surface area contributed by atoms with Crippen LogP contribution < -0.4 is 0 Å². The summed E-state index contributed by atoms with van der Waals surface area (Å²) >= 11 is 0. The Labute approximate surface area is 451 Å². The molecule has 0 saturated heterocycles. The van der Waals surface area contributed by atoms with Crippen LogP contribution in [0.15, 0.2) is 121 Å². The molecule has 0 unspecified atom stereocenters. The fourth-order valence-corrected chi connectivity index (χ4v) is 8.04. The fraction of sp³-hybridized carbons (Fsp3) is 0.323. The maximum atomic E-state index is 13.1. The number of rotatable bonds is 8. The quantitative estimate of drug-likeness (QED) is 0.154. The molecule has 0 atom stereocenters. The number of pyridine rings is 1. The van der Waals surface area contributed by atoms with Gasteiger partial charge in [0.1, 0.15) is 11.6 Å². The number of imidazole rings is 1. The number of para-hydroxylation sites is 1. The van der Waals surface area contributed by atoms with Crippen molar-refractivity contribution in [3.8, 4) is 67.5 Å². The SMILES string of the molecule is [2H]C([2H])([2H])c1ccc(-c2ccnc(-c3[c-]c(-c4cccc5c4nc(-c4cc(C(C([2H])([2H])[2H])(C([2H])([2H])[2H])C([2H])([2H])[2H])cc(C(C([2H])([2H])[2H])(C([2H])([2H])[2H])C([2H])([2H])[2H])c4O)n5-c4ccc(-c5cc(C([2H])(C)C)cc(C([2H])(C)C)c5)cc4C([2H])([2H])[2H])cc(C(C)(C)C)c3)c2)cc1.[Pt]. The molecule has 2 heterocycles. The fourth-order valence-electron chi connectivity index (χ4n) is 8.04. The standard InChI is InChI=1S/C62H68N3O.Pt/c1-37(2)44-28-45(38(3)4)30-46(29-44)42-23-24-55(40(6)27-42)65-56-18-16-17-51(57(56)64-59(65)52-35-50(61(10,11)12)36-53(58(52)66)62(13,14)15)47-31-48(33-49(32-47)60(7,8)9)54-34-43(25-26-63-54)41-21-19-39(5)20-22-41;/h16-30,32-38,66H,1-15H3;/q-1;/i5D3,6D3,10D3,11D3,12D3,13D3,14D3,15D3,37D,38D;. The summed E-state index contributed by atoms with van der Waals surface area (Å²) in [7, 11) is 0. The van der Waals surface area contributed by atoms with Gasteiger partial charge in [-0.05, 0) is 117 Å². The van der Waals surface area contributed by atoms with E-state index in [0.29, 0.717) is 50.7 Å². The molecule has 0 spiro atoms. The Morgan fingerprint density at radius 2 is 1.28 bits per heavy atom. The van der Waals surface area contributed by atoms with Gasteiger partial charge in [-0.1, -0.05) is 179 Å². The van der Waals surface area contributed by atoms with Crippen LogP contribution >= 0.6 is 0 Å². The van der Waals surface area contributed by atoms with Crippen molar-refractivity contribution in [1.29, 1.82) is 0 Å². The Kier molecular flexibility index (Phi) is 7.09. The summed E-state index contributed by atoms with van der Waals surface area (Å²) in [6.45, 7) is -18.5. The number of phenolic OH excluding ortho intramolecular Hbond substituents is 1. The van der Waals surface area contributed by atoms with Gasteiger partial charge >= 0.3 is 0 Å². The zero-order valence-corrected chi connectivity index (χ0v) is 40.4. The molecule has 8 aromatic rings. The average Bonchev–Trinajstić information content (AvgIpc) is 1.12. The third-order valence-electron chi connectivity index (χ3n) is 11.8. The normalized spacial score (nSPS) is 19.9. The number of aromatic nitrogens is 3. The first-order chi connectivity index (χ1) is 41.5. The summed E-state index contributed by atoms with van der Waals surface area (Å²) in [5.41, 5.74) is -9.09. The van der Waals surface area contributed by atoms with Gasteiger partial charge in [0.05, 0.1) is 22.3 Å². The van der Waals surface area contributed by atoms with E-state index in [9.17, 15) is 9.22 Å². The second kappa shape index (κ2) is 18.5. The third-order valence-corrected chi connectivity index (χ3v) is 11.8. The molecular weight excluding hydrogens is 998 g/mol. The number of phenols is 1. The largest absolute Gasteiger partial charge is 0.507 e. The van der Waals surface area contributed by atoms with Crippen LogP contribution in [0.3, 0.4) is 0 Å². The van der Waals surface area contributed by atoms with Crippen molar-refractivity contribution in [2.24, 2.45) is 0 Å². The van der Waals surface area contributed by atoms with Crippen LogP contribution in [0.1, 0.15) is 176 Å². The predicted molar refractivity (Wildman–Crippen MR) is 280 cm³/mol. The summed E-state index contributed by atoms with van der Waals surface area (Å²) in [6, 6.07) is 31.3. The molecule has 0 aliphatic heterocycles. The maximum absolute atomic E-state index is 13.1. The molecule has 0 aliphatic carbocycles. The second-order valence-corrected chi connectivity index (χ2v) is 18.3. The van der Waals surface area contributed by atoms with Gasteiger partial charge in [0.2, 0.25) is 0 Å². The molecule has 0 bridgehead atoms. The average molecular weight is 1090 g/mol. The Morgan fingerprint density at radius 1 is 0.627 bits per heavy atom. The molecular formula is C62H68N3OPt-. The van der Waals surface area contributed by atoms with Crippen LogP contribution in [0.5, 0.6) is 5.75 Å². The summed E-state index contributed by atoms with van der Waals surface area (Å²) in [5.74, 6) is -4.75. The van der Waals surface area contributed by atoms with Gasteiger partial charge in [-0.25, -0.2) is 4.98 Å². The molecule has 1 N–H and O–H groups in total. The minimum absolute atomic E-state index is 0. The molecule has 6 aromatic carbocycles. The molecule has 67 heavy (non-hydrogen) atoms. The van der Waals surface area contributed by atoms with Crippen LogP contribution in [0.4, 0.5) is 0 Å². The van der Waals surface area contributed by atoms with Crippen LogP contribution in [-0.4, -0.2) is 19.6 Å². The van der Waals surface area contributed by atoms with Gasteiger partial charge in [-0.15, -0.1) is 29.3 Å². The van der Waals surface area contributed by atoms with E-state index in [1.54, 1.807) is 88.5 Å². The van der Waals surface area contributed by atoms with Crippen molar-refractivity contribution >= 4 is 11.0 Å². The number of aryl methyl sites for hydroxylation is 2. The van der Waals surface area contributed by atoms with E-state index < -0.39 is 117 Å². The molecule has 2 aromatic heterocycles. The third kappa shape index (κ3) is 10.0. The van der Waals surface area contributed by atoms with E-state index in [2.05, 4.69) is 6.07 Å². The monoisotopic (exact) mass is 1090 g/mol. The number of nitrogens with zero attached hydrogens (tertiary/aromatic N) is 3. The maximum Gasteiger partial charge on any atom is 0.148 e. The first kappa shape index (κ1) is 25.7. The molecule has 0 radical (unpaired) electrons. The van der Waals surface area contributed by atoms with Gasteiger partial charge in [0.25, 0.3) is 0 Å². The summed E-state index contributed by atoms with van der Waals surface area (Å²) in [4.78, 5) is 9.72. The molecule has 5 heteroatoms. The van der Waals surface area contributed by atoms with Crippen molar-refractivity contribution in [3.63, 3.8) is 0 Å². The van der Waals surface area contributed by atoms with Gasteiger partial charge in [-0.3, -0.25) is 9.55 Å². The number of hydrogen-bond donors (Lipinski definition) is 1. The number of fused-ring (bicyclic) bond motifs is 1. The minimum Gasteiger partial charge on any atom is -0.507 e. The van der Waals surface area contributed by atoms with E-state index in [1.165, 1.54) is 42.5 Å². The Hall–Kier alpha value is -5.57. The van der Waals surface area contributed by atoms with Gasteiger partial charge in [-0.2, -0.15) is 0 Å². The molecule has 0 aliphatic rings. The molecule has 0 amide bonds. The van der Waals surface area contributed by atoms with E-state index >= 15 is 0 Å². The second-order valence-electron chi connectivity index (χ2n) is 18.3. The summed E-state index contributed by atoms with van der Waals surface area (Å²) < 4.78 is 228. The number of aromatic hydroxyl groups is 1. The zero-order valence-electron chi connectivity index (χ0n) is 64.2. The topological polar surface area (TPSA) is 50.9 Å². The Morgan fingerprint density at radius 3 is 1.93 bits per heavy atom. The van der Waals surface area contributed by atoms with E-state index in [1.807, 2.05) is 26.8 Å². The van der Waals surface area contributed by atoms with Crippen LogP contribution in [0.2, 0.25) is 0 Å². The smallest absolute Gasteiger partial charge is 0.148 e. The minimum atomic E-state index is -4.29. The zero-order chi connectivity index (χ0) is 69.5. The van der Waals surface area contributed by atoms with Crippen LogP contribution in [0.25, 0.3) is 72.7 Å². The first-order valence-corrected chi connectivity index (χ1v) is 21.4. The van der Waals surface area contributed by atoms with Crippen LogP contribution in [0, 0.1) is 19.8 Å². The molecule has 0 fully saturated rings. The molecule has 348 valence electrons. The van der Waals surface area contributed by atoms with E-state index in [0.717, 1.165) is 4.57 Å². The molecule has 4 nitrogen and oxygen atoms in total. The van der Waals surface area contributed by atoms with Gasteiger partial charge in [0.15, 0.2) is 0 Å². The van der Waals surface area contributed by atoms with E-state index in [4.69, 9.17) is 41.5 Å². The van der Waals surface area contributed by atoms with Gasteiger partial charge in [0, 0.05) is 74.2 Å². The summed E-state index contributed by atoms with van der Waals surface area (Å²) in [5, 5.41) is 13.1. The Bertz CT molecular complexity index is 4020. The molecule has 8 rings (SSSR count). The van der Waals surface area contributed by atoms with Crippen molar-refractivity contribution in [1.82, 2.24) is 14.5 Å².